The summed E-state index contributed by atoms with van der Waals surface area (Å²) in [6.07, 6.45) is 0. The summed E-state index contributed by atoms with van der Waals surface area (Å²) in [5, 5.41) is 9.64. The maximum atomic E-state index is 12.3. The van der Waals surface area contributed by atoms with Crippen LogP contribution in [0.3, 0.4) is 0 Å². The Morgan fingerprint density at radius 3 is 2.74 bits per heavy atom. The molecule has 2 aromatic rings. The number of aryl methyl sites for hydroxylation is 2. The van der Waals surface area contributed by atoms with E-state index < -0.39 is 0 Å². The lowest BCUT2D eigenvalue weighted by molar-refractivity contribution is 0.102. The number of rotatable bonds is 3. The molecule has 1 amide bonds. The first kappa shape index (κ1) is 13.6. The summed E-state index contributed by atoms with van der Waals surface area (Å²) in [5.74, 6) is 0.399. The molecule has 1 heterocycles. The highest BCUT2D eigenvalue weighted by Crippen LogP contribution is 2.28. The van der Waals surface area contributed by atoms with Gasteiger partial charge in [-0.25, -0.2) is 0 Å². The van der Waals surface area contributed by atoms with Gasteiger partial charge in [0.05, 0.1) is 24.1 Å². The van der Waals surface area contributed by atoms with Crippen molar-refractivity contribution >= 4 is 27.5 Å². The van der Waals surface area contributed by atoms with Gasteiger partial charge in [-0.3, -0.25) is 9.89 Å². The van der Waals surface area contributed by atoms with E-state index in [4.69, 9.17) is 4.74 Å². The average molecular weight is 324 g/mol. The number of hydrogen-bond donors (Lipinski definition) is 2. The lowest BCUT2D eigenvalue weighted by Crippen LogP contribution is -2.14. The number of aromatic amines is 1. The predicted molar refractivity (Wildman–Crippen MR) is 76.7 cm³/mol. The van der Waals surface area contributed by atoms with Gasteiger partial charge in [-0.1, -0.05) is 15.9 Å². The Hall–Kier alpha value is -1.82. The SMILES string of the molecule is COc1ccc(Br)cc1NC(=O)c1c(C)n[nH]c1C. The fraction of sp³-hybridized carbons (Fsp3) is 0.231. The Morgan fingerprint density at radius 1 is 1.42 bits per heavy atom. The second-order valence-corrected chi connectivity index (χ2v) is 5.02. The number of carbonyl (C=O) groups is 1. The number of amides is 1. The summed E-state index contributed by atoms with van der Waals surface area (Å²) in [5.41, 5.74) is 2.58. The van der Waals surface area contributed by atoms with E-state index in [1.54, 1.807) is 26.2 Å². The molecule has 0 saturated heterocycles. The van der Waals surface area contributed by atoms with Crippen molar-refractivity contribution in [2.45, 2.75) is 13.8 Å². The molecule has 0 bridgehead atoms. The number of methoxy groups -OCH3 is 1. The molecule has 0 fully saturated rings. The minimum Gasteiger partial charge on any atom is -0.495 e. The van der Waals surface area contributed by atoms with E-state index in [2.05, 4.69) is 31.4 Å². The van der Waals surface area contributed by atoms with E-state index in [9.17, 15) is 4.79 Å². The number of H-pyrrole nitrogens is 1. The van der Waals surface area contributed by atoms with Gasteiger partial charge in [0, 0.05) is 10.2 Å². The molecule has 1 aromatic heterocycles. The van der Waals surface area contributed by atoms with Crippen LogP contribution in [0, 0.1) is 13.8 Å². The summed E-state index contributed by atoms with van der Waals surface area (Å²) in [4.78, 5) is 12.3. The molecule has 1 aromatic carbocycles. The van der Waals surface area contributed by atoms with Crippen LogP contribution < -0.4 is 10.1 Å². The molecule has 0 radical (unpaired) electrons. The minimum atomic E-state index is -0.208. The van der Waals surface area contributed by atoms with E-state index in [0.29, 0.717) is 22.7 Å². The van der Waals surface area contributed by atoms with Crippen LogP contribution in [0.4, 0.5) is 5.69 Å². The number of halogens is 1. The molecule has 2 rings (SSSR count). The van der Waals surface area contributed by atoms with Gasteiger partial charge >= 0.3 is 0 Å². The number of anilines is 1. The molecule has 0 unspecified atom stereocenters. The number of benzene rings is 1. The monoisotopic (exact) mass is 323 g/mol. The van der Waals surface area contributed by atoms with Crippen LogP contribution in [-0.4, -0.2) is 23.2 Å². The highest BCUT2D eigenvalue weighted by molar-refractivity contribution is 9.10. The molecule has 0 saturated carbocycles. The number of hydrogen-bond acceptors (Lipinski definition) is 3. The summed E-state index contributed by atoms with van der Waals surface area (Å²) >= 11 is 3.37. The first-order valence-electron chi connectivity index (χ1n) is 5.69. The summed E-state index contributed by atoms with van der Waals surface area (Å²) in [7, 11) is 1.56. The molecule has 100 valence electrons. The Labute approximate surface area is 119 Å². The van der Waals surface area contributed by atoms with Crippen molar-refractivity contribution in [3.05, 3.63) is 39.6 Å². The molecule has 0 atom stereocenters. The second-order valence-electron chi connectivity index (χ2n) is 4.11. The molecule has 6 heteroatoms. The largest absolute Gasteiger partial charge is 0.495 e. The molecule has 0 spiro atoms. The third-order valence-corrected chi connectivity index (χ3v) is 3.26. The zero-order valence-corrected chi connectivity index (χ0v) is 12.5. The van der Waals surface area contributed by atoms with E-state index in [-0.39, 0.29) is 5.91 Å². The standard InChI is InChI=1S/C13H14BrN3O2/c1-7-12(8(2)17-16-7)13(18)15-10-6-9(14)4-5-11(10)19-3/h4-6H,1-3H3,(H,15,18)(H,16,17). The average Bonchev–Trinajstić information content (AvgIpc) is 2.69. The summed E-state index contributed by atoms with van der Waals surface area (Å²) < 4.78 is 6.09. The van der Waals surface area contributed by atoms with Crippen molar-refractivity contribution in [2.24, 2.45) is 0 Å². The molecular weight excluding hydrogens is 310 g/mol. The Morgan fingerprint density at radius 2 is 2.16 bits per heavy atom. The number of nitrogens with zero attached hydrogens (tertiary/aromatic N) is 1. The third-order valence-electron chi connectivity index (χ3n) is 2.76. The topological polar surface area (TPSA) is 67.0 Å². The Balaban J connectivity index is 2.31. The van der Waals surface area contributed by atoms with Crippen LogP contribution in [0.15, 0.2) is 22.7 Å². The van der Waals surface area contributed by atoms with Gasteiger partial charge in [-0.2, -0.15) is 5.10 Å². The third kappa shape index (κ3) is 2.78. The van der Waals surface area contributed by atoms with E-state index in [1.807, 2.05) is 13.0 Å². The number of aromatic nitrogens is 2. The van der Waals surface area contributed by atoms with Crippen molar-refractivity contribution in [3.8, 4) is 5.75 Å². The Bertz CT molecular complexity index is 603. The highest BCUT2D eigenvalue weighted by atomic mass is 79.9. The molecule has 19 heavy (non-hydrogen) atoms. The van der Waals surface area contributed by atoms with Crippen LogP contribution in [0.2, 0.25) is 0 Å². The normalized spacial score (nSPS) is 10.3. The van der Waals surface area contributed by atoms with Gasteiger partial charge in [0.2, 0.25) is 0 Å². The van der Waals surface area contributed by atoms with Gasteiger partial charge in [0.25, 0.3) is 5.91 Å². The smallest absolute Gasteiger partial charge is 0.259 e. The fourth-order valence-corrected chi connectivity index (χ4v) is 2.21. The van der Waals surface area contributed by atoms with Crippen LogP contribution >= 0.6 is 15.9 Å². The number of carbonyl (C=O) groups excluding carboxylic acids is 1. The summed E-state index contributed by atoms with van der Waals surface area (Å²) in [6, 6.07) is 5.43. The molecule has 0 aliphatic rings. The molecular formula is C13H14BrN3O2. The summed E-state index contributed by atoms with van der Waals surface area (Å²) in [6.45, 7) is 3.60. The van der Waals surface area contributed by atoms with E-state index in [1.165, 1.54) is 0 Å². The van der Waals surface area contributed by atoms with Crippen molar-refractivity contribution in [3.63, 3.8) is 0 Å². The van der Waals surface area contributed by atoms with Crippen LogP contribution in [0.1, 0.15) is 21.7 Å². The van der Waals surface area contributed by atoms with Gasteiger partial charge in [0.1, 0.15) is 5.75 Å². The zero-order chi connectivity index (χ0) is 14.0. The van der Waals surface area contributed by atoms with Crippen molar-refractivity contribution in [1.29, 1.82) is 0 Å². The van der Waals surface area contributed by atoms with Gasteiger partial charge in [-0.15, -0.1) is 0 Å². The molecule has 0 aliphatic carbocycles. The molecule has 2 N–H and O–H groups in total. The lowest BCUT2D eigenvalue weighted by atomic mass is 10.2. The van der Waals surface area contributed by atoms with Crippen LogP contribution in [-0.2, 0) is 0 Å². The molecule has 0 aliphatic heterocycles. The van der Waals surface area contributed by atoms with Crippen LogP contribution in [0.25, 0.3) is 0 Å². The van der Waals surface area contributed by atoms with Gasteiger partial charge < -0.3 is 10.1 Å². The van der Waals surface area contributed by atoms with E-state index in [0.717, 1.165) is 10.2 Å². The first-order valence-corrected chi connectivity index (χ1v) is 6.48. The molecule has 5 nitrogen and oxygen atoms in total. The number of nitrogens with one attached hydrogen (secondary N) is 2. The first-order chi connectivity index (χ1) is 9.02. The van der Waals surface area contributed by atoms with Gasteiger partial charge in [0.15, 0.2) is 0 Å². The van der Waals surface area contributed by atoms with Crippen LogP contribution in [0.5, 0.6) is 5.75 Å². The maximum Gasteiger partial charge on any atom is 0.259 e. The quantitative estimate of drug-likeness (QED) is 0.912. The highest BCUT2D eigenvalue weighted by Gasteiger charge is 2.16. The Kier molecular flexibility index (Phi) is 3.90. The van der Waals surface area contributed by atoms with Crippen molar-refractivity contribution in [1.82, 2.24) is 10.2 Å². The predicted octanol–water partition coefficient (Wildman–Crippen LogP) is 3.05. The maximum absolute atomic E-state index is 12.3. The minimum absolute atomic E-state index is 0.208. The van der Waals surface area contributed by atoms with Crippen molar-refractivity contribution in [2.75, 3.05) is 12.4 Å². The lowest BCUT2D eigenvalue weighted by Gasteiger charge is -2.10. The van der Waals surface area contributed by atoms with Gasteiger partial charge in [-0.05, 0) is 32.0 Å². The second kappa shape index (κ2) is 5.44. The number of ether oxygens (including phenoxy) is 1. The van der Waals surface area contributed by atoms with Crippen molar-refractivity contribution < 1.29 is 9.53 Å². The fourth-order valence-electron chi connectivity index (χ4n) is 1.85. The van der Waals surface area contributed by atoms with E-state index >= 15 is 0 Å². The zero-order valence-electron chi connectivity index (χ0n) is 10.9.